The monoisotopic (exact) mass is 285 g/mol. The number of benzene rings is 1. The Morgan fingerprint density at radius 1 is 1.32 bits per heavy atom. The van der Waals surface area contributed by atoms with Crippen LogP contribution < -0.4 is 16.4 Å². The molecule has 0 radical (unpaired) electrons. The highest BCUT2D eigenvalue weighted by Gasteiger charge is 2.05. The van der Waals surface area contributed by atoms with Crippen LogP contribution in [-0.2, 0) is 9.84 Å². The fourth-order valence-corrected chi connectivity index (χ4v) is 1.87. The SMILES string of the molecule is CC(N)c1ccc(NC(=O)NCCS(C)(=O)=O)cc1. The predicted molar refractivity (Wildman–Crippen MR) is 75.8 cm³/mol. The Morgan fingerprint density at radius 2 is 1.89 bits per heavy atom. The summed E-state index contributed by atoms with van der Waals surface area (Å²) in [4.78, 5) is 11.5. The van der Waals surface area contributed by atoms with Crippen LogP contribution in [0.25, 0.3) is 0 Å². The Morgan fingerprint density at radius 3 is 2.37 bits per heavy atom. The van der Waals surface area contributed by atoms with Crippen molar-refractivity contribution >= 4 is 21.6 Å². The topological polar surface area (TPSA) is 101 Å². The van der Waals surface area contributed by atoms with E-state index in [0.29, 0.717) is 5.69 Å². The van der Waals surface area contributed by atoms with Crippen molar-refractivity contribution in [3.63, 3.8) is 0 Å². The van der Waals surface area contributed by atoms with E-state index in [9.17, 15) is 13.2 Å². The number of carbonyl (C=O) groups is 1. The highest BCUT2D eigenvalue weighted by Crippen LogP contribution is 2.13. The van der Waals surface area contributed by atoms with E-state index in [4.69, 9.17) is 5.73 Å². The van der Waals surface area contributed by atoms with Crippen molar-refractivity contribution in [1.29, 1.82) is 0 Å². The number of anilines is 1. The van der Waals surface area contributed by atoms with Gasteiger partial charge in [0, 0.05) is 24.5 Å². The van der Waals surface area contributed by atoms with E-state index in [2.05, 4.69) is 10.6 Å². The normalized spacial score (nSPS) is 12.8. The molecule has 1 unspecified atom stereocenters. The van der Waals surface area contributed by atoms with Gasteiger partial charge in [0.1, 0.15) is 9.84 Å². The minimum atomic E-state index is -3.06. The number of nitrogens with two attached hydrogens (primary N) is 1. The number of hydrogen-bond acceptors (Lipinski definition) is 4. The summed E-state index contributed by atoms with van der Waals surface area (Å²) in [7, 11) is -3.06. The highest BCUT2D eigenvalue weighted by atomic mass is 32.2. The minimum absolute atomic E-state index is 0.0577. The van der Waals surface area contributed by atoms with Crippen LogP contribution in [-0.4, -0.2) is 33.0 Å². The molecule has 0 spiro atoms. The average molecular weight is 285 g/mol. The minimum Gasteiger partial charge on any atom is -0.337 e. The third-order valence-electron chi connectivity index (χ3n) is 2.45. The predicted octanol–water partition coefficient (Wildman–Crippen LogP) is 0.872. The molecule has 106 valence electrons. The molecule has 0 fully saturated rings. The molecule has 19 heavy (non-hydrogen) atoms. The van der Waals surface area contributed by atoms with Crippen molar-refractivity contribution in [2.45, 2.75) is 13.0 Å². The third kappa shape index (κ3) is 6.21. The zero-order valence-corrected chi connectivity index (χ0v) is 11.8. The van der Waals surface area contributed by atoms with Crippen LogP contribution >= 0.6 is 0 Å². The zero-order valence-electron chi connectivity index (χ0n) is 11.0. The molecule has 1 atom stereocenters. The van der Waals surface area contributed by atoms with Crippen LogP contribution in [0.1, 0.15) is 18.5 Å². The first-order chi connectivity index (χ1) is 8.78. The van der Waals surface area contributed by atoms with Gasteiger partial charge in [-0.25, -0.2) is 13.2 Å². The second-order valence-electron chi connectivity index (χ2n) is 4.42. The Hall–Kier alpha value is -1.60. The van der Waals surface area contributed by atoms with Gasteiger partial charge in [0.25, 0.3) is 0 Å². The van der Waals surface area contributed by atoms with Crippen molar-refractivity contribution in [2.24, 2.45) is 5.73 Å². The first-order valence-corrected chi connectivity index (χ1v) is 7.92. The number of sulfone groups is 1. The lowest BCUT2D eigenvalue weighted by Gasteiger charge is -2.09. The summed E-state index contributed by atoms with van der Waals surface area (Å²) in [6, 6.07) is 6.66. The maximum Gasteiger partial charge on any atom is 0.319 e. The molecular weight excluding hydrogens is 266 g/mol. The highest BCUT2D eigenvalue weighted by molar-refractivity contribution is 7.90. The maximum atomic E-state index is 11.5. The molecule has 0 saturated heterocycles. The van der Waals surface area contributed by atoms with Crippen molar-refractivity contribution in [3.05, 3.63) is 29.8 Å². The number of rotatable bonds is 5. The Labute approximate surface area is 113 Å². The van der Waals surface area contributed by atoms with Gasteiger partial charge < -0.3 is 16.4 Å². The summed E-state index contributed by atoms with van der Waals surface area (Å²) in [6.07, 6.45) is 1.12. The molecule has 0 aliphatic carbocycles. The van der Waals surface area contributed by atoms with Gasteiger partial charge in [-0.15, -0.1) is 0 Å². The summed E-state index contributed by atoms with van der Waals surface area (Å²) in [5, 5.41) is 5.08. The van der Waals surface area contributed by atoms with Gasteiger partial charge in [-0.05, 0) is 24.6 Å². The van der Waals surface area contributed by atoms with E-state index in [1.807, 2.05) is 19.1 Å². The summed E-state index contributed by atoms with van der Waals surface area (Å²) in [5.41, 5.74) is 7.32. The summed E-state index contributed by atoms with van der Waals surface area (Å²) in [6.45, 7) is 1.96. The first-order valence-electron chi connectivity index (χ1n) is 5.86. The molecule has 6 nitrogen and oxygen atoms in total. The lowest BCUT2D eigenvalue weighted by Crippen LogP contribution is -2.32. The molecule has 0 heterocycles. The fraction of sp³-hybridized carbons (Fsp3) is 0.417. The molecule has 1 aromatic rings. The second-order valence-corrected chi connectivity index (χ2v) is 6.68. The summed E-state index contributed by atoms with van der Waals surface area (Å²) >= 11 is 0. The average Bonchev–Trinajstić information content (AvgIpc) is 2.27. The molecule has 1 aromatic carbocycles. The van der Waals surface area contributed by atoms with E-state index in [1.54, 1.807) is 12.1 Å². The number of urea groups is 1. The molecule has 0 saturated carbocycles. The van der Waals surface area contributed by atoms with Gasteiger partial charge in [0.2, 0.25) is 0 Å². The fourth-order valence-electron chi connectivity index (χ4n) is 1.40. The summed E-state index contributed by atoms with van der Waals surface area (Å²) < 4.78 is 21.8. The van der Waals surface area contributed by atoms with Crippen molar-refractivity contribution < 1.29 is 13.2 Å². The van der Waals surface area contributed by atoms with E-state index < -0.39 is 15.9 Å². The van der Waals surface area contributed by atoms with E-state index in [1.165, 1.54) is 0 Å². The van der Waals surface area contributed by atoms with Gasteiger partial charge >= 0.3 is 6.03 Å². The van der Waals surface area contributed by atoms with Gasteiger partial charge in [-0.2, -0.15) is 0 Å². The Balaban J connectivity index is 2.44. The van der Waals surface area contributed by atoms with E-state index >= 15 is 0 Å². The van der Waals surface area contributed by atoms with Crippen LogP contribution in [0.4, 0.5) is 10.5 Å². The van der Waals surface area contributed by atoms with Gasteiger partial charge in [0.05, 0.1) is 5.75 Å². The Kier molecular flexibility index (Phi) is 5.31. The van der Waals surface area contributed by atoms with E-state index in [-0.39, 0.29) is 18.3 Å². The zero-order chi connectivity index (χ0) is 14.5. The number of hydrogen-bond donors (Lipinski definition) is 3. The van der Waals surface area contributed by atoms with Crippen LogP contribution in [0.15, 0.2) is 24.3 Å². The van der Waals surface area contributed by atoms with Crippen LogP contribution in [0.5, 0.6) is 0 Å². The van der Waals surface area contributed by atoms with Crippen molar-refractivity contribution in [1.82, 2.24) is 5.32 Å². The molecule has 1 rings (SSSR count). The van der Waals surface area contributed by atoms with Crippen molar-refractivity contribution in [3.8, 4) is 0 Å². The number of amides is 2. The van der Waals surface area contributed by atoms with Crippen LogP contribution in [0.2, 0.25) is 0 Å². The maximum absolute atomic E-state index is 11.5. The summed E-state index contributed by atoms with van der Waals surface area (Å²) in [5.74, 6) is -0.0793. The molecule has 0 aliphatic heterocycles. The molecule has 0 bridgehead atoms. The van der Waals surface area contributed by atoms with Gasteiger partial charge in [0.15, 0.2) is 0 Å². The molecule has 7 heteroatoms. The largest absolute Gasteiger partial charge is 0.337 e. The van der Waals surface area contributed by atoms with Crippen LogP contribution in [0, 0.1) is 0 Å². The van der Waals surface area contributed by atoms with E-state index in [0.717, 1.165) is 11.8 Å². The lowest BCUT2D eigenvalue weighted by atomic mass is 10.1. The van der Waals surface area contributed by atoms with Gasteiger partial charge in [-0.3, -0.25) is 0 Å². The Bertz CT molecular complexity index is 524. The third-order valence-corrected chi connectivity index (χ3v) is 3.40. The van der Waals surface area contributed by atoms with Crippen molar-refractivity contribution in [2.75, 3.05) is 23.9 Å². The molecule has 2 amide bonds. The second kappa shape index (κ2) is 6.53. The standard InChI is InChI=1S/C12H19N3O3S/c1-9(13)10-3-5-11(6-4-10)15-12(16)14-7-8-19(2,17)18/h3-6,9H,7-8,13H2,1-2H3,(H2,14,15,16). The number of nitrogens with one attached hydrogen (secondary N) is 2. The number of carbonyl (C=O) groups excluding carboxylic acids is 1. The molecule has 0 aromatic heterocycles. The molecule has 4 N–H and O–H groups in total. The quantitative estimate of drug-likeness (QED) is 0.747. The van der Waals surface area contributed by atoms with Crippen LogP contribution in [0.3, 0.4) is 0 Å². The smallest absolute Gasteiger partial charge is 0.319 e. The van der Waals surface area contributed by atoms with Gasteiger partial charge in [-0.1, -0.05) is 12.1 Å². The first kappa shape index (κ1) is 15.5. The molecule has 0 aliphatic rings. The lowest BCUT2D eigenvalue weighted by molar-refractivity contribution is 0.252. The molecular formula is C12H19N3O3S.